The van der Waals surface area contributed by atoms with E-state index in [0.29, 0.717) is 17.5 Å². The van der Waals surface area contributed by atoms with Crippen LogP contribution in [-0.2, 0) is 11.3 Å². The van der Waals surface area contributed by atoms with Crippen molar-refractivity contribution in [3.05, 3.63) is 41.2 Å². The van der Waals surface area contributed by atoms with Crippen LogP contribution in [0.3, 0.4) is 0 Å². The molecule has 128 valence electrons. The first-order valence-corrected chi connectivity index (χ1v) is 8.51. The van der Waals surface area contributed by atoms with Crippen molar-refractivity contribution in [2.24, 2.45) is 11.8 Å². The maximum atomic E-state index is 12.2. The fourth-order valence-corrected chi connectivity index (χ4v) is 3.63. The van der Waals surface area contributed by atoms with Gasteiger partial charge in [-0.05, 0) is 38.2 Å². The predicted octanol–water partition coefficient (Wildman–Crippen LogP) is 3.54. The number of likely N-dealkylation sites (tertiary alicyclic amines) is 2. The number of hydrogen-bond donors (Lipinski definition) is 0. The van der Waals surface area contributed by atoms with Gasteiger partial charge in [0, 0.05) is 32.7 Å². The fraction of sp³-hybridized carbons (Fsp3) is 0.579. The minimum absolute atomic E-state index is 0.182. The van der Waals surface area contributed by atoms with Crippen LogP contribution in [0.25, 0.3) is 4.85 Å². The van der Waals surface area contributed by atoms with Gasteiger partial charge in [0.15, 0.2) is 5.69 Å². The molecule has 2 saturated heterocycles. The number of benzene rings is 1. The Labute approximate surface area is 144 Å². The lowest BCUT2D eigenvalue weighted by Crippen LogP contribution is -2.37. The summed E-state index contributed by atoms with van der Waals surface area (Å²) < 4.78 is 5.48. The van der Waals surface area contributed by atoms with E-state index >= 15 is 0 Å². The number of fused-ring (bicyclic) bond motifs is 1. The molecule has 2 aliphatic heterocycles. The van der Waals surface area contributed by atoms with E-state index in [4.69, 9.17) is 11.3 Å². The van der Waals surface area contributed by atoms with E-state index in [-0.39, 0.29) is 6.09 Å². The van der Waals surface area contributed by atoms with Crippen molar-refractivity contribution in [3.63, 3.8) is 0 Å². The van der Waals surface area contributed by atoms with Gasteiger partial charge in [0.25, 0.3) is 0 Å². The summed E-state index contributed by atoms with van der Waals surface area (Å²) in [5.74, 6) is 1.08. The summed E-state index contributed by atoms with van der Waals surface area (Å²) in [5.41, 5.74) is 1.50. The predicted molar refractivity (Wildman–Crippen MR) is 92.8 cm³/mol. The Kier molecular flexibility index (Phi) is 4.51. The first kappa shape index (κ1) is 16.8. The lowest BCUT2D eigenvalue weighted by atomic mass is 10.0. The van der Waals surface area contributed by atoms with Crippen LogP contribution in [0, 0.1) is 18.4 Å². The molecular formula is C19H25N3O2. The molecule has 2 fully saturated rings. The van der Waals surface area contributed by atoms with E-state index in [2.05, 4.69) is 9.74 Å². The molecule has 5 heteroatoms. The van der Waals surface area contributed by atoms with Crippen LogP contribution in [-0.4, -0.2) is 47.7 Å². The summed E-state index contributed by atoms with van der Waals surface area (Å²) in [4.78, 5) is 19.9. The number of rotatable bonds is 2. The molecule has 2 aliphatic rings. The summed E-state index contributed by atoms with van der Waals surface area (Å²) in [7, 11) is 0. The Morgan fingerprint density at radius 1 is 1.17 bits per heavy atom. The Morgan fingerprint density at radius 2 is 1.75 bits per heavy atom. The van der Waals surface area contributed by atoms with Crippen molar-refractivity contribution in [2.75, 3.05) is 26.2 Å². The third kappa shape index (κ3) is 3.88. The van der Waals surface area contributed by atoms with E-state index in [1.54, 1.807) is 0 Å². The minimum Gasteiger partial charge on any atom is -0.444 e. The second kappa shape index (κ2) is 6.45. The Bertz CT molecular complexity index is 628. The Balaban J connectivity index is 1.51. The Hall–Kier alpha value is -2.06. The van der Waals surface area contributed by atoms with Crippen molar-refractivity contribution in [1.82, 2.24) is 9.80 Å². The first-order chi connectivity index (χ1) is 11.3. The van der Waals surface area contributed by atoms with Gasteiger partial charge in [-0.15, -0.1) is 0 Å². The van der Waals surface area contributed by atoms with Crippen LogP contribution in [0.4, 0.5) is 10.5 Å². The number of carbonyl (C=O) groups excluding carboxylic acids is 1. The molecule has 1 aromatic rings. The van der Waals surface area contributed by atoms with Gasteiger partial charge < -0.3 is 9.64 Å². The monoisotopic (exact) mass is 327 g/mol. The average molecular weight is 327 g/mol. The van der Waals surface area contributed by atoms with Crippen LogP contribution in [0.5, 0.6) is 0 Å². The van der Waals surface area contributed by atoms with Gasteiger partial charge in [-0.2, -0.15) is 0 Å². The smallest absolute Gasteiger partial charge is 0.410 e. The summed E-state index contributed by atoms with van der Waals surface area (Å²) >= 11 is 0. The number of hydrogen-bond acceptors (Lipinski definition) is 3. The van der Waals surface area contributed by atoms with E-state index in [0.717, 1.165) is 32.7 Å². The molecule has 5 nitrogen and oxygen atoms in total. The SMILES string of the molecule is [C-]#[N+]c1ccc(CN2C[C@@H]3CN(C(=O)OC(C)(C)C)C[C@@H]3C2)cc1. The highest BCUT2D eigenvalue weighted by molar-refractivity contribution is 5.68. The van der Waals surface area contributed by atoms with Gasteiger partial charge in [0.1, 0.15) is 5.60 Å². The molecule has 0 N–H and O–H groups in total. The molecule has 0 bridgehead atoms. The first-order valence-electron chi connectivity index (χ1n) is 8.51. The highest BCUT2D eigenvalue weighted by Crippen LogP contribution is 2.32. The molecule has 0 spiro atoms. The van der Waals surface area contributed by atoms with Crippen molar-refractivity contribution < 1.29 is 9.53 Å². The molecule has 24 heavy (non-hydrogen) atoms. The van der Waals surface area contributed by atoms with E-state index in [9.17, 15) is 4.79 Å². The molecule has 0 aliphatic carbocycles. The quantitative estimate of drug-likeness (QED) is 0.780. The van der Waals surface area contributed by atoms with Crippen molar-refractivity contribution >= 4 is 11.8 Å². The molecule has 2 heterocycles. The normalized spacial score (nSPS) is 23.8. The Morgan fingerprint density at radius 3 is 2.25 bits per heavy atom. The van der Waals surface area contributed by atoms with Gasteiger partial charge in [-0.3, -0.25) is 4.90 Å². The minimum atomic E-state index is -0.432. The van der Waals surface area contributed by atoms with E-state index in [1.807, 2.05) is 49.9 Å². The second-order valence-corrected chi connectivity index (χ2v) is 7.88. The molecule has 3 rings (SSSR count). The zero-order chi connectivity index (χ0) is 17.3. The van der Waals surface area contributed by atoms with E-state index in [1.165, 1.54) is 5.56 Å². The highest BCUT2D eigenvalue weighted by atomic mass is 16.6. The van der Waals surface area contributed by atoms with Crippen molar-refractivity contribution in [1.29, 1.82) is 0 Å². The lowest BCUT2D eigenvalue weighted by Gasteiger charge is -2.26. The van der Waals surface area contributed by atoms with Gasteiger partial charge in [-0.25, -0.2) is 9.64 Å². The molecule has 0 radical (unpaired) electrons. The summed E-state index contributed by atoms with van der Waals surface area (Å²) in [5, 5.41) is 0. The zero-order valence-electron chi connectivity index (χ0n) is 14.7. The van der Waals surface area contributed by atoms with Gasteiger partial charge in [-0.1, -0.05) is 24.3 Å². The summed E-state index contributed by atoms with van der Waals surface area (Å²) in [6.45, 7) is 17.3. The van der Waals surface area contributed by atoms with Crippen LogP contribution >= 0.6 is 0 Å². The molecule has 1 aromatic carbocycles. The van der Waals surface area contributed by atoms with E-state index < -0.39 is 5.60 Å². The van der Waals surface area contributed by atoms with Crippen molar-refractivity contribution in [2.45, 2.75) is 32.9 Å². The lowest BCUT2D eigenvalue weighted by molar-refractivity contribution is 0.0274. The molecular weight excluding hydrogens is 302 g/mol. The van der Waals surface area contributed by atoms with Crippen LogP contribution in [0.1, 0.15) is 26.3 Å². The molecule has 0 saturated carbocycles. The van der Waals surface area contributed by atoms with Crippen LogP contribution in [0.2, 0.25) is 0 Å². The molecule has 0 aromatic heterocycles. The standard InChI is InChI=1S/C19H25N3O2/c1-19(2,3)24-18(23)22-12-15-10-21(11-16(15)13-22)9-14-5-7-17(20-4)8-6-14/h5-8,15-16H,9-13H2,1-3H3/t15-,16+. The average Bonchev–Trinajstić information content (AvgIpc) is 3.04. The third-order valence-electron chi connectivity index (χ3n) is 4.69. The fourth-order valence-electron chi connectivity index (χ4n) is 3.63. The van der Waals surface area contributed by atoms with Gasteiger partial charge >= 0.3 is 6.09 Å². The number of nitrogens with zero attached hydrogens (tertiary/aromatic N) is 3. The largest absolute Gasteiger partial charge is 0.444 e. The third-order valence-corrected chi connectivity index (χ3v) is 4.69. The molecule has 1 amide bonds. The maximum Gasteiger partial charge on any atom is 0.410 e. The van der Waals surface area contributed by atoms with Gasteiger partial charge in [0.2, 0.25) is 0 Å². The topological polar surface area (TPSA) is 37.1 Å². The molecule has 0 unspecified atom stereocenters. The van der Waals surface area contributed by atoms with Crippen LogP contribution in [0.15, 0.2) is 24.3 Å². The maximum absolute atomic E-state index is 12.2. The zero-order valence-corrected chi connectivity index (χ0v) is 14.7. The van der Waals surface area contributed by atoms with Crippen molar-refractivity contribution in [3.8, 4) is 0 Å². The highest BCUT2D eigenvalue weighted by Gasteiger charge is 2.42. The van der Waals surface area contributed by atoms with Gasteiger partial charge in [0.05, 0.1) is 6.57 Å². The number of amides is 1. The summed E-state index contributed by atoms with van der Waals surface area (Å²) in [6.07, 6.45) is -0.182. The van der Waals surface area contributed by atoms with Crippen LogP contribution < -0.4 is 0 Å². The number of ether oxygens (including phenoxy) is 1. The number of carbonyl (C=O) groups is 1. The second-order valence-electron chi connectivity index (χ2n) is 7.88. The summed E-state index contributed by atoms with van der Waals surface area (Å²) in [6, 6.07) is 7.83. The molecule has 2 atom stereocenters.